The Morgan fingerprint density at radius 1 is 1.31 bits per heavy atom. The van der Waals surface area contributed by atoms with Gasteiger partial charge in [-0.2, -0.15) is 0 Å². The molecule has 0 saturated heterocycles. The normalized spacial score (nSPS) is 14.7. The predicted molar refractivity (Wildman–Crippen MR) is 56.9 cm³/mol. The molecule has 0 bridgehead atoms. The van der Waals surface area contributed by atoms with E-state index < -0.39 is 0 Å². The Labute approximate surface area is 81.2 Å². The molecule has 0 radical (unpaired) electrons. The molecule has 72 valence electrons. The van der Waals surface area contributed by atoms with Crippen LogP contribution in [0.15, 0.2) is 18.3 Å². The van der Waals surface area contributed by atoms with Crippen LogP contribution >= 0.6 is 0 Å². The maximum Gasteiger partial charge on any atom is 0.0434 e. The second-order valence-electron chi connectivity index (χ2n) is 3.74. The van der Waals surface area contributed by atoms with Gasteiger partial charge in [-0.1, -0.05) is 26.3 Å². The summed E-state index contributed by atoms with van der Waals surface area (Å²) in [6.07, 6.45) is 5.89. The van der Waals surface area contributed by atoms with Gasteiger partial charge in [0.2, 0.25) is 0 Å². The van der Waals surface area contributed by atoms with Crippen LogP contribution in [0.3, 0.4) is 0 Å². The van der Waals surface area contributed by atoms with E-state index in [-0.39, 0.29) is 0 Å². The van der Waals surface area contributed by atoms with Crippen LogP contribution in [-0.2, 0) is 0 Å². The van der Waals surface area contributed by atoms with Crippen molar-refractivity contribution in [3.8, 4) is 0 Å². The summed E-state index contributed by atoms with van der Waals surface area (Å²) < 4.78 is 0. The lowest BCUT2D eigenvalue weighted by molar-refractivity contribution is 1.01. The van der Waals surface area contributed by atoms with E-state index in [0.717, 1.165) is 5.92 Å². The number of hydrogen-bond acceptors (Lipinski definition) is 1. The van der Waals surface area contributed by atoms with E-state index in [9.17, 15) is 0 Å². The second-order valence-corrected chi connectivity index (χ2v) is 3.74. The van der Waals surface area contributed by atoms with Crippen molar-refractivity contribution in [3.05, 3.63) is 29.6 Å². The number of hydrogen-bond donors (Lipinski definition) is 0. The highest BCUT2D eigenvalue weighted by Gasteiger charge is 2.24. The zero-order chi connectivity index (χ0) is 9.68. The summed E-state index contributed by atoms with van der Waals surface area (Å²) in [5.41, 5.74) is 2.54. The number of pyridine rings is 1. The van der Waals surface area contributed by atoms with E-state index in [2.05, 4.69) is 37.9 Å². The average Bonchev–Trinajstić information content (AvgIpc) is 2.90. The smallest absolute Gasteiger partial charge is 0.0434 e. The standard InChI is InChI=1S/C9H11N.C3H8/c1-7-2-5-9(10-6-7)8-3-4-8;1-3-2/h2,5-6,8H,3-4H2,1H3;3H2,1-2H3. The molecule has 0 N–H and O–H groups in total. The molecule has 1 nitrogen and oxygen atoms in total. The first kappa shape index (κ1) is 10.2. The number of aromatic nitrogens is 1. The van der Waals surface area contributed by atoms with Gasteiger partial charge in [0, 0.05) is 17.8 Å². The fraction of sp³-hybridized carbons (Fsp3) is 0.583. The van der Waals surface area contributed by atoms with Crippen molar-refractivity contribution in [2.45, 2.75) is 46.0 Å². The molecule has 2 rings (SSSR count). The van der Waals surface area contributed by atoms with Crippen molar-refractivity contribution in [3.63, 3.8) is 0 Å². The van der Waals surface area contributed by atoms with E-state index >= 15 is 0 Å². The molecule has 0 atom stereocenters. The van der Waals surface area contributed by atoms with Crippen molar-refractivity contribution < 1.29 is 0 Å². The summed E-state index contributed by atoms with van der Waals surface area (Å²) in [6, 6.07) is 4.29. The van der Waals surface area contributed by atoms with E-state index in [1.54, 1.807) is 0 Å². The molecule has 0 aliphatic heterocycles. The maximum atomic E-state index is 4.34. The van der Waals surface area contributed by atoms with Gasteiger partial charge in [0.1, 0.15) is 0 Å². The molecule has 1 aromatic rings. The van der Waals surface area contributed by atoms with Gasteiger partial charge in [-0.3, -0.25) is 4.98 Å². The van der Waals surface area contributed by atoms with Crippen molar-refractivity contribution in [2.75, 3.05) is 0 Å². The van der Waals surface area contributed by atoms with Crippen LogP contribution in [0.1, 0.15) is 50.3 Å². The molecule has 0 aromatic carbocycles. The third-order valence-corrected chi connectivity index (χ3v) is 1.93. The van der Waals surface area contributed by atoms with Crippen LogP contribution in [0.2, 0.25) is 0 Å². The minimum absolute atomic E-state index is 0.792. The Morgan fingerprint density at radius 2 is 1.92 bits per heavy atom. The first-order valence-corrected chi connectivity index (χ1v) is 5.20. The van der Waals surface area contributed by atoms with Gasteiger partial charge in [0.05, 0.1) is 0 Å². The topological polar surface area (TPSA) is 12.9 Å². The van der Waals surface area contributed by atoms with Gasteiger partial charge in [0.15, 0.2) is 0 Å². The lowest BCUT2D eigenvalue weighted by atomic mass is 10.2. The van der Waals surface area contributed by atoms with E-state index in [4.69, 9.17) is 0 Å². The highest BCUT2D eigenvalue weighted by Crippen LogP contribution is 2.38. The number of rotatable bonds is 1. The highest BCUT2D eigenvalue weighted by atomic mass is 14.7. The van der Waals surface area contributed by atoms with Gasteiger partial charge in [-0.05, 0) is 31.4 Å². The SMILES string of the molecule is CCC.Cc1ccc(C2CC2)nc1. The van der Waals surface area contributed by atoms with Crippen molar-refractivity contribution in [1.29, 1.82) is 0 Å². The lowest BCUT2D eigenvalue weighted by Crippen LogP contribution is -1.84. The lowest BCUT2D eigenvalue weighted by Gasteiger charge is -1.95. The predicted octanol–water partition coefficient (Wildman–Crippen LogP) is 3.68. The molecule has 0 spiro atoms. The van der Waals surface area contributed by atoms with Gasteiger partial charge in [0.25, 0.3) is 0 Å². The zero-order valence-electron chi connectivity index (χ0n) is 8.88. The summed E-state index contributed by atoms with van der Waals surface area (Å²) >= 11 is 0. The van der Waals surface area contributed by atoms with Crippen molar-refractivity contribution in [2.24, 2.45) is 0 Å². The Hall–Kier alpha value is -0.850. The summed E-state index contributed by atoms with van der Waals surface area (Å²) in [4.78, 5) is 4.34. The average molecular weight is 177 g/mol. The summed E-state index contributed by atoms with van der Waals surface area (Å²) in [6.45, 7) is 6.32. The molecular formula is C12H19N. The van der Waals surface area contributed by atoms with Crippen LogP contribution in [0.4, 0.5) is 0 Å². The van der Waals surface area contributed by atoms with Crippen LogP contribution in [0.25, 0.3) is 0 Å². The third-order valence-electron chi connectivity index (χ3n) is 1.93. The molecule has 1 fully saturated rings. The summed E-state index contributed by atoms with van der Waals surface area (Å²) in [5, 5.41) is 0. The largest absolute Gasteiger partial charge is 0.261 e. The molecule has 0 amide bonds. The minimum atomic E-state index is 0.792. The zero-order valence-corrected chi connectivity index (χ0v) is 8.88. The Morgan fingerprint density at radius 3 is 2.31 bits per heavy atom. The molecule has 1 aromatic heterocycles. The Kier molecular flexibility index (Phi) is 3.94. The van der Waals surface area contributed by atoms with Crippen LogP contribution < -0.4 is 0 Å². The molecule has 13 heavy (non-hydrogen) atoms. The summed E-state index contributed by atoms with van der Waals surface area (Å²) in [5.74, 6) is 0.792. The van der Waals surface area contributed by atoms with E-state index in [0.29, 0.717) is 0 Å². The van der Waals surface area contributed by atoms with Gasteiger partial charge >= 0.3 is 0 Å². The second kappa shape index (κ2) is 5.00. The molecule has 1 heteroatoms. The first-order chi connectivity index (χ1) is 6.27. The van der Waals surface area contributed by atoms with Gasteiger partial charge in [-0.15, -0.1) is 0 Å². The fourth-order valence-electron chi connectivity index (χ4n) is 1.10. The van der Waals surface area contributed by atoms with Crippen LogP contribution in [-0.4, -0.2) is 4.98 Å². The molecule has 1 aliphatic carbocycles. The fourth-order valence-corrected chi connectivity index (χ4v) is 1.10. The number of aryl methyl sites for hydroxylation is 1. The van der Waals surface area contributed by atoms with Gasteiger partial charge < -0.3 is 0 Å². The quantitative estimate of drug-likeness (QED) is 0.637. The van der Waals surface area contributed by atoms with Gasteiger partial charge in [-0.25, -0.2) is 0 Å². The van der Waals surface area contributed by atoms with E-state index in [1.807, 2.05) is 6.20 Å². The summed E-state index contributed by atoms with van der Waals surface area (Å²) in [7, 11) is 0. The first-order valence-electron chi connectivity index (χ1n) is 5.20. The van der Waals surface area contributed by atoms with Crippen molar-refractivity contribution in [1.82, 2.24) is 4.98 Å². The Balaban J connectivity index is 0.000000251. The number of nitrogens with zero attached hydrogens (tertiary/aromatic N) is 1. The monoisotopic (exact) mass is 177 g/mol. The maximum absolute atomic E-state index is 4.34. The minimum Gasteiger partial charge on any atom is -0.261 e. The molecular weight excluding hydrogens is 158 g/mol. The molecule has 0 unspecified atom stereocenters. The van der Waals surface area contributed by atoms with E-state index in [1.165, 1.54) is 30.5 Å². The molecule has 1 saturated carbocycles. The highest BCUT2D eigenvalue weighted by molar-refractivity contribution is 5.18. The molecule has 1 heterocycles. The van der Waals surface area contributed by atoms with Crippen molar-refractivity contribution >= 4 is 0 Å². The third kappa shape index (κ3) is 3.58. The molecule has 1 aliphatic rings. The van der Waals surface area contributed by atoms with Crippen LogP contribution in [0.5, 0.6) is 0 Å². The Bertz CT molecular complexity index is 234. The van der Waals surface area contributed by atoms with Crippen LogP contribution in [0, 0.1) is 6.92 Å².